The molecule has 2 rings (SSSR count). The first-order valence-electron chi connectivity index (χ1n) is 4.61. The summed E-state index contributed by atoms with van der Waals surface area (Å²) in [4.78, 5) is 5.21. The van der Waals surface area contributed by atoms with E-state index >= 15 is 0 Å². The molecule has 0 spiro atoms. The van der Waals surface area contributed by atoms with E-state index in [1.165, 1.54) is 0 Å². The summed E-state index contributed by atoms with van der Waals surface area (Å²) in [6.45, 7) is 8.12. The van der Waals surface area contributed by atoms with Crippen LogP contribution in [0, 0.1) is 6.92 Å². The maximum atomic E-state index is 4.36. The summed E-state index contributed by atoms with van der Waals surface area (Å²) in [6, 6.07) is 0. The third-order valence-corrected chi connectivity index (χ3v) is 2.67. The Morgan fingerprint density at radius 1 is 1.46 bits per heavy atom. The van der Waals surface area contributed by atoms with Gasteiger partial charge >= 0.3 is 0 Å². The minimum absolute atomic E-state index is 0.994. The molecule has 0 saturated carbocycles. The predicted molar refractivity (Wildman–Crippen MR) is 56.3 cm³/mol. The zero-order chi connectivity index (χ0) is 9.84. The number of nitrogens with zero attached hydrogens (tertiary/aromatic N) is 3. The molecule has 4 heteroatoms. The second kappa shape index (κ2) is 4.37. The molecular weight excluding hydrogens is 182 g/mol. The van der Waals surface area contributed by atoms with Crippen molar-refractivity contribution in [2.75, 3.05) is 0 Å². The first-order valence-corrected chi connectivity index (χ1v) is 5.43. The molecule has 0 aliphatic carbocycles. The Morgan fingerprint density at radius 3 is 2.69 bits per heavy atom. The molecule has 0 aromatic carbocycles. The molecule has 72 valence electrons. The molecule has 0 unspecified atom stereocenters. The second-order valence-corrected chi connectivity index (χ2v) is 3.48. The highest BCUT2D eigenvalue weighted by Crippen LogP contribution is 2.14. The number of aromatic nitrogens is 3. The molecular formula is C9H15N3S. The Hall–Kier alpha value is -0.900. The molecule has 2 aromatic rings. The Labute approximate surface area is 82.4 Å². The minimum Gasteiger partial charge on any atom is -0.226 e. The number of aryl methyl sites for hydroxylation is 2. The summed E-state index contributed by atoms with van der Waals surface area (Å²) < 4.78 is 1.89. The Kier molecular flexibility index (Phi) is 3.42. The Balaban J connectivity index is 0.000000396. The van der Waals surface area contributed by atoms with Gasteiger partial charge in [-0.05, 0) is 13.3 Å². The van der Waals surface area contributed by atoms with Gasteiger partial charge in [-0.15, -0.1) is 0 Å². The topological polar surface area (TPSA) is 30.2 Å². The van der Waals surface area contributed by atoms with Crippen LogP contribution in [0.1, 0.15) is 31.5 Å². The van der Waals surface area contributed by atoms with E-state index in [9.17, 15) is 0 Å². The monoisotopic (exact) mass is 197 g/mol. The van der Waals surface area contributed by atoms with Gasteiger partial charge in [0.15, 0.2) is 0 Å². The van der Waals surface area contributed by atoms with Crippen LogP contribution in [-0.2, 0) is 6.42 Å². The summed E-state index contributed by atoms with van der Waals surface area (Å²) in [5, 5.41) is 5.51. The van der Waals surface area contributed by atoms with Gasteiger partial charge in [-0.25, -0.2) is 9.50 Å². The third-order valence-electron chi connectivity index (χ3n) is 1.60. The van der Waals surface area contributed by atoms with E-state index in [2.05, 4.69) is 17.0 Å². The lowest BCUT2D eigenvalue weighted by Gasteiger charge is -1.83. The van der Waals surface area contributed by atoms with E-state index in [-0.39, 0.29) is 0 Å². The van der Waals surface area contributed by atoms with Crippen molar-refractivity contribution in [2.24, 2.45) is 0 Å². The van der Waals surface area contributed by atoms with Gasteiger partial charge < -0.3 is 0 Å². The van der Waals surface area contributed by atoms with Gasteiger partial charge in [-0.3, -0.25) is 0 Å². The summed E-state index contributed by atoms with van der Waals surface area (Å²) in [7, 11) is 0. The predicted octanol–water partition coefficient (Wildman–Crippen LogP) is 2.69. The summed E-state index contributed by atoms with van der Waals surface area (Å²) in [5.74, 6) is 0. The SMILES string of the molecule is CC.CCc1nn2c(C)cnc2s1. The molecule has 0 amide bonds. The van der Waals surface area contributed by atoms with Crippen LogP contribution >= 0.6 is 11.3 Å². The fraction of sp³-hybridized carbons (Fsp3) is 0.556. The third kappa shape index (κ3) is 1.88. The van der Waals surface area contributed by atoms with Crippen LogP contribution in [0.4, 0.5) is 0 Å². The molecule has 0 aliphatic heterocycles. The van der Waals surface area contributed by atoms with Crippen molar-refractivity contribution in [3.8, 4) is 0 Å². The van der Waals surface area contributed by atoms with Gasteiger partial charge in [0.1, 0.15) is 5.01 Å². The molecule has 3 nitrogen and oxygen atoms in total. The van der Waals surface area contributed by atoms with Gasteiger partial charge in [0.05, 0.1) is 11.9 Å². The maximum absolute atomic E-state index is 4.36. The Bertz CT molecular complexity index is 375. The van der Waals surface area contributed by atoms with Crippen LogP contribution in [-0.4, -0.2) is 14.6 Å². The van der Waals surface area contributed by atoms with E-state index in [4.69, 9.17) is 0 Å². The largest absolute Gasteiger partial charge is 0.226 e. The molecule has 0 saturated heterocycles. The normalized spacial score (nSPS) is 9.85. The highest BCUT2D eigenvalue weighted by molar-refractivity contribution is 7.16. The molecule has 0 atom stereocenters. The quantitative estimate of drug-likeness (QED) is 0.703. The number of hydrogen-bond acceptors (Lipinski definition) is 3. The van der Waals surface area contributed by atoms with Gasteiger partial charge in [0, 0.05) is 0 Å². The molecule has 0 fully saturated rings. The van der Waals surface area contributed by atoms with Crippen LogP contribution in [0.3, 0.4) is 0 Å². The van der Waals surface area contributed by atoms with Crippen molar-refractivity contribution >= 4 is 16.3 Å². The molecule has 2 heterocycles. The van der Waals surface area contributed by atoms with Gasteiger partial charge in [0.2, 0.25) is 4.96 Å². The van der Waals surface area contributed by atoms with Crippen molar-refractivity contribution < 1.29 is 0 Å². The van der Waals surface area contributed by atoms with Gasteiger partial charge in [-0.1, -0.05) is 32.1 Å². The van der Waals surface area contributed by atoms with Crippen LogP contribution in [0.5, 0.6) is 0 Å². The highest BCUT2D eigenvalue weighted by Gasteiger charge is 2.04. The van der Waals surface area contributed by atoms with Crippen molar-refractivity contribution in [3.05, 3.63) is 16.9 Å². The summed E-state index contributed by atoms with van der Waals surface area (Å²) in [6.07, 6.45) is 2.84. The van der Waals surface area contributed by atoms with Crippen LogP contribution in [0.15, 0.2) is 6.20 Å². The van der Waals surface area contributed by atoms with E-state index in [0.717, 1.165) is 22.1 Å². The average molecular weight is 197 g/mol. The minimum atomic E-state index is 0.994. The van der Waals surface area contributed by atoms with Crippen molar-refractivity contribution in [1.82, 2.24) is 14.6 Å². The lowest BCUT2D eigenvalue weighted by molar-refractivity contribution is 0.881. The van der Waals surface area contributed by atoms with E-state index < -0.39 is 0 Å². The summed E-state index contributed by atoms with van der Waals surface area (Å²) in [5.41, 5.74) is 1.11. The maximum Gasteiger partial charge on any atom is 0.212 e. The number of hydrogen-bond donors (Lipinski definition) is 0. The molecule has 0 N–H and O–H groups in total. The first kappa shape index (κ1) is 10.2. The van der Waals surface area contributed by atoms with E-state index in [0.29, 0.717) is 0 Å². The molecule has 2 aromatic heterocycles. The van der Waals surface area contributed by atoms with Crippen molar-refractivity contribution in [2.45, 2.75) is 34.1 Å². The first-order chi connectivity index (χ1) is 6.31. The smallest absolute Gasteiger partial charge is 0.212 e. The molecule has 0 bridgehead atoms. The molecule has 0 radical (unpaired) electrons. The number of imidazole rings is 1. The molecule has 13 heavy (non-hydrogen) atoms. The second-order valence-electron chi connectivity index (χ2n) is 2.44. The Morgan fingerprint density at radius 2 is 2.15 bits per heavy atom. The average Bonchev–Trinajstić information content (AvgIpc) is 2.72. The van der Waals surface area contributed by atoms with E-state index in [1.807, 2.05) is 31.5 Å². The summed E-state index contributed by atoms with van der Waals surface area (Å²) >= 11 is 1.66. The number of fused-ring (bicyclic) bond motifs is 1. The van der Waals surface area contributed by atoms with E-state index in [1.54, 1.807) is 11.3 Å². The lowest BCUT2D eigenvalue weighted by atomic mass is 10.5. The van der Waals surface area contributed by atoms with Crippen LogP contribution in [0.25, 0.3) is 4.96 Å². The fourth-order valence-electron chi connectivity index (χ4n) is 0.980. The standard InChI is InChI=1S/C7H9N3S.C2H6/c1-3-6-9-10-5(2)4-8-7(10)11-6;1-2/h4H,3H2,1-2H3;1-2H3. The fourth-order valence-corrected chi connectivity index (χ4v) is 1.83. The van der Waals surface area contributed by atoms with Gasteiger partial charge in [0.25, 0.3) is 0 Å². The highest BCUT2D eigenvalue weighted by atomic mass is 32.1. The zero-order valence-electron chi connectivity index (χ0n) is 8.53. The molecule has 0 aliphatic rings. The van der Waals surface area contributed by atoms with Crippen molar-refractivity contribution in [1.29, 1.82) is 0 Å². The lowest BCUT2D eigenvalue weighted by Crippen LogP contribution is -1.87. The van der Waals surface area contributed by atoms with Crippen LogP contribution in [0.2, 0.25) is 0 Å². The number of rotatable bonds is 1. The van der Waals surface area contributed by atoms with Crippen LogP contribution < -0.4 is 0 Å². The van der Waals surface area contributed by atoms with Gasteiger partial charge in [-0.2, -0.15) is 5.10 Å². The van der Waals surface area contributed by atoms with Crippen molar-refractivity contribution in [3.63, 3.8) is 0 Å². The zero-order valence-corrected chi connectivity index (χ0v) is 9.35.